The molecule has 5 nitrogen and oxygen atoms in total. The van der Waals surface area contributed by atoms with Crippen LogP contribution in [0.1, 0.15) is 11.1 Å². The molecule has 0 bridgehead atoms. The molecule has 7 heteroatoms. The summed E-state index contributed by atoms with van der Waals surface area (Å²) in [6.45, 7) is 0.911. The molecule has 27 heavy (non-hydrogen) atoms. The average molecular weight is 403 g/mol. The van der Waals surface area contributed by atoms with Gasteiger partial charge in [0.1, 0.15) is 12.4 Å². The first-order chi connectivity index (χ1) is 13.0. The molecule has 0 atom stereocenters. The number of hydrogen-bond donors (Lipinski definition) is 1. The standard InChI is InChI=1S/C20H16Cl2N2O3/c21-16-6-9-20(19(22)11-16)23-12-15-2-1-3-18(10-15)27-13-14-4-7-17(8-5-14)24(25)26/h1-11,23H,12-13H2. The first-order valence-corrected chi connectivity index (χ1v) is 8.91. The smallest absolute Gasteiger partial charge is 0.269 e. The predicted octanol–water partition coefficient (Wildman–Crippen LogP) is 6.09. The van der Waals surface area contributed by atoms with E-state index in [0.29, 0.717) is 23.2 Å². The van der Waals surface area contributed by atoms with Crippen LogP contribution in [0.4, 0.5) is 11.4 Å². The Labute approximate surface area is 166 Å². The minimum Gasteiger partial charge on any atom is -0.489 e. The molecule has 0 aliphatic heterocycles. The topological polar surface area (TPSA) is 64.4 Å². The predicted molar refractivity (Wildman–Crippen MR) is 108 cm³/mol. The molecule has 0 fully saturated rings. The van der Waals surface area contributed by atoms with Crippen LogP contribution in [0.3, 0.4) is 0 Å². The minimum atomic E-state index is -0.423. The van der Waals surface area contributed by atoms with Crippen molar-refractivity contribution in [3.8, 4) is 5.75 Å². The van der Waals surface area contributed by atoms with Gasteiger partial charge < -0.3 is 10.1 Å². The monoisotopic (exact) mass is 402 g/mol. The van der Waals surface area contributed by atoms with Crippen LogP contribution in [0.15, 0.2) is 66.7 Å². The quantitative estimate of drug-likeness (QED) is 0.383. The van der Waals surface area contributed by atoms with Gasteiger partial charge in [-0.15, -0.1) is 0 Å². The molecule has 0 aromatic heterocycles. The van der Waals surface area contributed by atoms with E-state index in [2.05, 4.69) is 5.32 Å². The summed E-state index contributed by atoms with van der Waals surface area (Å²) < 4.78 is 5.78. The van der Waals surface area contributed by atoms with Crippen molar-refractivity contribution in [1.29, 1.82) is 0 Å². The summed E-state index contributed by atoms with van der Waals surface area (Å²) in [5.74, 6) is 0.717. The molecule has 0 amide bonds. The number of nitro groups is 1. The van der Waals surface area contributed by atoms with Crippen molar-refractivity contribution in [3.05, 3.63) is 98.0 Å². The van der Waals surface area contributed by atoms with Gasteiger partial charge in [0, 0.05) is 23.7 Å². The molecule has 0 saturated heterocycles. The summed E-state index contributed by atoms with van der Waals surface area (Å²) in [6.07, 6.45) is 0. The number of nitrogens with zero attached hydrogens (tertiary/aromatic N) is 1. The zero-order valence-electron chi connectivity index (χ0n) is 14.2. The molecular weight excluding hydrogens is 387 g/mol. The molecule has 3 rings (SSSR count). The fraction of sp³-hybridized carbons (Fsp3) is 0.100. The lowest BCUT2D eigenvalue weighted by molar-refractivity contribution is -0.384. The van der Waals surface area contributed by atoms with E-state index in [1.807, 2.05) is 30.3 Å². The van der Waals surface area contributed by atoms with Crippen LogP contribution in [0, 0.1) is 10.1 Å². The van der Waals surface area contributed by atoms with Crippen molar-refractivity contribution in [2.24, 2.45) is 0 Å². The number of hydrogen-bond acceptors (Lipinski definition) is 4. The fourth-order valence-electron chi connectivity index (χ4n) is 2.46. The van der Waals surface area contributed by atoms with Crippen LogP contribution in [0.25, 0.3) is 0 Å². The van der Waals surface area contributed by atoms with E-state index in [0.717, 1.165) is 22.6 Å². The molecule has 0 spiro atoms. The second kappa shape index (κ2) is 8.75. The number of non-ortho nitro benzene ring substituents is 1. The van der Waals surface area contributed by atoms with Gasteiger partial charge in [-0.1, -0.05) is 35.3 Å². The number of nitro benzene ring substituents is 1. The van der Waals surface area contributed by atoms with Gasteiger partial charge in [-0.2, -0.15) is 0 Å². The van der Waals surface area contributed by atoms with Crippen LogP contribution < -0.4 is 10.1 Å². The van der Waals surface area contributed by atoms with Crippen molar-refractivity contribution in [2.45, 2.75) is 13.2 Å². The van der Waals surface area contributed by atoms with Gasteiger partial charge in [0.05, 0.1) is 15.6 Å². The van der Waals surface area contributed by atoms with E-state index in [1.165, 1.54) is 12.1 Å². The van der Waals surface area contributed by atoms with Crippen LogP contribution in [0.5, 0.6) is 5.75 Å². The Bertz CT molecular complexity index is 946. The number of nitrogens with one attached hydrogen (secondary N) is 1. The molecule has 1 N–H and O–H groups in total. The Morgan fingerprint density at radius 2 is 1.74 bits per heavy atom. The third-order valence-electron chi connectivity index (χ3n) is 3.87. The van der Waals surface area contributed by atoms with Gasteiger partial charge >= 0.3 is 0 Å². The van der Waals surface area contributed by atoms with Gasteiger partial charge in [0.2, 0.25) is 0 Å². The zero-order chi connectivity index (χ0) is 19.2. The Morgan fingerprint density at radius 3 is 2.44 bits per heavy atom. The molecule has 138 valence electrons. The van der Waals surface area contributed by atoms with Gasteiger partial charge in [-0.25, -0.2) is 0 Å². The van der Waals surface area contributed by atoms with E-state index in [4.69, 9.17) is 27.9 Å². The zero-order valence-corrected chi connectivity index (χ0v) is 15.7. The summed E-state index contributed by atoms with van der Waals surface area (Å²) >= 11 is 12.1. The lowest BCUT2D eigenvalue weighted by Crippen LogP contribution is -2.01. The van der Waals surface area contributed by atoms with Crippen molar-refractivity contribution < 1.29 is 9.66 Å². The van der Waals surface area contributed by atoms with Crippen LogP contribution >= 0.6 is 23.2 Å². The number of ether oxygens (including phenoxy) is 1. The first-order valence-electron chi connectivity index (χ1n) is 8.15. The van der Waals surface area contributed by atoms with E-state index < -0.39 is 4.92 Å². The molecule has 0 aliphatic carbocycles. The van der Waals surface area contributed by atoms with E-state index in [9.17, 15) is 10.1 Å². The lowest BCUT2D eigenvalue weighted by atomic mass is 10.2. The highest BCUT2D eigenvalue weighted by molar-refractivity contribution is 6.36. The first kappa shape index (κ1) is 19.0. The number of rotatable bonds is 7. The molecule has 3 aromatic rings. The second-order valence-corrected chi connectivity index (χ2v) is 6.68. The Kier molecular flexibility index (Phi) is 6.16. The van der Waals surface area contributed by atoms with Crippen LogP contribution in [0.2, 0.25) is 10.0 Å². The molecule has 0 radical (unpaired) electrons. The maximum atomic E-state index is 10.7. The van der Waals surface area contributed by atoms with E-state index in [-0.39, 0.29) is 5.69 Å². The summed E-state index contributed by atoms with van der Waals surface area (Å²) in [4.78, 5) is 10.3. The largest absolute Gasteiger partial charge is 0.489 e. The van der Waals surface area contributed by atoms with Crippen LogP contribution in [-0.2, 0) is 13.2 Å². The Morgan fingerprint density at radius 1 is 0.963 bits per heavy atom. The third-order valence-corrected chi connectivity index (χ3v) is 4.41. The van der Waals surface area contributed by atoms with Crippen molar-refractivity contribution in [2.75, 3.05) is 5.32 Å². The number of anilines is 1. The average Bonchev–Trinajstić information content (AvgIpc) is 2.66. The SMILES string of the molecule is O=[N+]([O-])c1ccc(COc2cccc(CNc3ccc(Cl)cc3Cl)c2)cc1. The third kappa shape index (κ3) is 5.36. The maximum absolute atomic E-state index is 10.7. The molecule has 0 unspecified atom stereocenters. The Balaban J connectivity index is 1.59. The molecular formula is C20H16Cl2N2O3. The van der Waals surface area contributed by atoms with Gasteiger partial charge in [0.15, 0.2) is 0 Å². The molecule has 0 saturated carbocycles. The van der Waals surface area contributed by atoms with Crippen molar-refractivity contribution in [1.82, 2.24) is 0 Å². The number of halogens is 2. The van der Waals surface area contributed by atoms with Gasteiger partial charge in [0.25, 0.3) is 5.69 Å². The molecule has 0 heterocycles. The molecule has 3 aromatic carbocycles. The summed E-state index contributed by atoms with van der Waals surface area (Å²) in [5.41, 5.74) is 2.75. The van der Waals surface area contributed by atoms with E-state index in [1.54, 1.807) is 24.3 Å². The number of benzene rings is 3. The highest BCUT2D eigenvalue weighted by atomic mass is 35.5. The maximum Gasteiger partial charge on any atom is 0.269 e. The second-order valence-electron chi connectivity index (χ2n) is 5.84. The van der Waals surface area contributed by atoms with Crippen molar-refractivity contribution >= 4 is 34.6 Å². The van der Waals surface area contributed by atoms with Crippen molar-refractivity contribution in [3.63, 3.8) is 0 Å². The summed E-state index contributed by atoms with van der Waals surface area (Å²) in [7, 11) is 0. The van der Waals surface area contributed by atoms with E-state index >= 15 is 0 Å². The Hall–Kier alpha value is -2.76. The normalized spacial score (nSPS) is 10.4. The lowest BCUT2D eigenvalue weighted by Gasteiger charge is -2.11. The minimum absolute atomic E-state index is 0.0627. The summed E-state index contributed by atoms with van der Waals surface area (Å²) in [6, 6.07) is 19.3. The molecule has 0 aliphatic rings. The fourth-order valence-corrected chi connectivity index (χ4v) is 2.93. The van der Waals surface area contributed by atoms with Gasteiger partial charge in [-0.3, -0.25) is 10.1 Å². The highest BCUT2D eigenvalue weighted by Crippen LogP contribution is 2.26. The summed E-state index contributed by atoms with van der Waals surface area (Å²) in [5, 5.41) is 15.1. The highest BCUT2D eigenvalue weighted by Gasteiger charge is 2.05. The van der Waals surface area contributed by atoms with Gasteiger partial charge in [-0.05, 0) is 53.6 Å². The van der Waals surface area contributed by atoms with Crippen LogP contribution in [-0.4, -0.2) is 4.92 Å².